The summed E-state index contributed by atoms with van der Waals surface area (Å²) in [5.74, 6) is 0.809. The van der Waals surface area contributed by atoms with Gasteiger partial charge in [0.25, 0.3) is 0 Å². The summed E-state index contributed by atoms with van der Waals surface area (Å²) in [5.41, 5.74) is -0.915. The van der Waals surface area contributed by atoms with E-state index in [0.29, 0.717) is 17.2 Å². The maximum Gasteiger partial charge on any atom is 0.494 e. The van der Waals surface area contributed by atoms with Crippen molar-refractivity contribution in [3.8, 4) is 11.8 Å². The Kier molecular flexibility index (Phi) is 8.27. The number of nitrogens with zero attached hydrogens (tertiary/aromatic N) is 2. The van der Waals surface area contributed by atoms with E-state index in [4.69, 9.17) is 18.8 Å². The van der Waals surface area contributed by atoms with Crippen molar-refractivity contribution in [3.05, 3.63) is 23.8 Å². The minimum atomic E-state index is -0.632. The van der Waals surface area contributed by atoms with E-state index in [9.17, 15) is 10.1 Å². The van der Waals surface area contributed by atoms with Crippen molar-refractivity contribution in [1.82, 2.24) is 0 Å². The number of ether oxygens (including phenoxy) is 2. The van der Waals surface area contributed by atoms with Gasteiger partial charge in [0.2, 0.25) is 0 Å². The topological polar surface area (TPSA) is 90.1 Å². The van der Waals surface area contributed by atoms with Crippen molar-refractivity contribution in [2.24, 2.45) is 16.3 Å². The molecule has 0 radical (unpaired) electrons. The van der Waals surface area contributed by atoms with Crippen molar-refractivity contribution in [2.45, 2.75) is 92.5 Å². The van der Waals surface area contributed by atoms with Gasteiger partial charge in [-0.15, -0.1) is 0 Å². The quantitative estimate of drug-likeness (QED) is 0.397. The number of hydrogen-bond acceptors (Lipinski definition) is 6. The van der Waals surface area contributed by atoms with Crippen molar-refractivity contribution >= 4 is 24.9 Å². The predicted molar refractivity (Wildman–Crippen MR) is 135 cm³/mol. The normalized spacial score (nSPS) is 19.2. The van der Waals surface area contributed by atoms with E-state index in [0.717, 1.165) is 11.9 Å². The molecule has 2 rings (SSSR count). The first-order valence-corrected chi connectivity index (χ1v) is 11.8. The molecule has 0 unspecified atom stereocenters. The molecule has 1 aliphatic heterocycles. The van der Waals surface area contributed by atoms with Gasteiger partial charge in [-0.3, -0.25) is 0 Å². The lowest BCUT2D eigenvalue weighted by atomic mass is 9.78. The summed E-state index contributed by atoms with van der Waals surface area (Å²) < 4.78 is 23.6. The molecule has 0 N–H and O–H groups in total. The zero-order valence-corrected chi connectivity index (χ0v) is 22.3. The molecule has 0 aliphatic carbocycles. The van der Waals surface area contributed by atoms with Crippen LogP contribution in [-0.2, 0) is 14.0 Å². The number of benzene rings is 1. The van der Waals surface area contributed by atoms with Crippen LogP contribution in [0.25, 0.3) is 0 Å². The smallest absolute Gasteiger partial charge is 0.491 e. The Morgan fingerprint density at radius 1 is 1.18 bits per heavy atom. The minimum absolute atomic E-state index is 0.252. The Balaban J connectivity index is 2.19. The molecule has 8 heteroatoms. The highest BCUT2D eigenvalue weighted by atomic mass is 16.7. The molecule has 0 bridgehead atoms. The van der Waals surface area contributed by atoms with E-state index in [2.05, 4.69) is 24.9 Å². The molecule has 0 spiro atoms. The molecule has 1 aromatic carbocycles. The summed E-state index contributed by atoms with van der Waals surface area (Å²) in [6.07, 6.45) is 1.71. The summed E-state index contributed by atoms with van der Waals surface area (Å²) in [4.78, 5) is 16.1. The fourth-order valence-electron chi connectivity index (χ4n) is 3.71. The van der Waals surface area contributed by atoms with Crippen LogP contribution in [-0.4, -0.2) is 42.8 Å². The van der Waals surface area contributed by atoms with Crippen LogP contribution in [0.2, 0.25) is 0 Å². The molecular weight excluding hydrogens is 431 g/mol. The molecule has 7 nitrogen and oxygen atoms in total. The number of amides is 1. The number of carbonyl (C=O) groups excluding carboxylic acids is 1. The average Bonchev–Trinajstić information content (AvgIpc) is 2.90. The standard InChI is InChI=1S/C26H39BN2O5/c1-18(2)14-26(10,16-29-22(30)32-23(3,4)5)17-31-21-12-11-20(13-19(21)15-28)27-33-24(6,7)25(8,9)34-27/h11-13,16,18H,14,17H2,1-10H3/t26-/m1/s1. The lowest BCUT2D eigenvalue weighted by Crippen LogP contribution is -2.41. The number of aliphatic imine (C=N–C) groups is 1. The summed E-state index contributed by atoms with van der Waals surface area (Å²) in [5, 5.41) is 9.75. The van der Waals surface area contributed by atoms with Gasteiger partial charge in [-0.2, -0.15) is 10.3 Å². The van der Waals surface area contributed by atoms with Crippen LogP contribution in [0.5, 0.6) is 5.75 Å². The Hall–Kier alpha value is -2.37. The third kappa shape index (κ3) is 7.32. The monoisotopic (exact) mass is 470 g/mol. The molecule has 1 atom stereocenters. The van der Waals surface area contributed by atoms with Crippen LogP contribution in [0.1, 0.15) is 81.2 Å². The second-order valence-corrected chi connectivity index (χ2v) is 11.7. The van der Waals surface area contributed by atoms with Crippen molar-refractivity contribution < 1.29 is 23.6 Å². The fourth-order valence-corrected chi connectivity index (χ4v) is 3.71. The van der Waals surface area contributed by atoms with Gasteiger partial charge >= 0.3 is 13.2 Å². The zero-order valence-electron chi connectivity index (χ0n) is 22.3. The molecule has 0 saturated carbocycles. The summed E-state index contributed by atoms with van der Waals surface area (Å²) >= 11 is 0. The van der Waals surface area contributed by atoms with E-state index in [-0.39, 0.29) is 6.61 Å². The van der Waals surface area contributed by atoms with E-state index in [1.165, 1.54) is 0 Å². The Morgan fingerprint density at radius 3 is 2.26 bits per heavy atom. The molecule has 0 aromatic heterocycles. The third-order valence-corrected chi connectivity index (χ3v) is 5.96. The van der Waals surface area contributed by atoms with E-state index in [1.807, 2.05) is 40.7 Å². The second kappa shape index (κ2) is 10.1. The van der Waals surface area contributed by atoms with Crippen LogP contribution < -0.4 is 10.2 Å². The van der Waals surface area contributed by atoms with Gasteiger partial charge in [0.15, 0.2) is 0 Å². The van der Waals surface area contributed by atoms with Crippen LogP contribution in [0.4, 0.5) is 4.79 Å². The largest absolute Gasteiger partial charge is 0.494 e. The lowest BCUT2D eigenvalue weighted by Gasteiger charge is -2.32. The van der Waals surface area contributed by atoms with Gasteiger partial charge < -0.3 is 18.8 Å². The molecule has 186 valence electrons. The van der Waals surface area contributed by atoms with Crippen LogP contribution >= 0.6 is 0 Å². The van der Waals surface area contributed by atoms with E-state index < -0.39 is 35.4 Å². The molecule has 1 saturated heterocycles. The lowest BCUT2D eigenvalue weighted by molar-refractivity contribution is 0.00578. The molecule has 1 amide bonds. The fraction of sp³-hybridized carbons (Fsp3) is 0.654. The van der Waals surface area contributed by atoms with Gasteiger partial charge in [-0.1, -0.05) is 26.8 Å². The molecular formula is C26H39BN2O5. The van der Waals surface area contributed by atoms with Crippen LogP contribution in [0.15, 0.2) is 23.2 Å². The average molecular weight is 470 g/mol. The molecule has 1 fully saturated rings. The highest BCUT2D eigenvalue weighted by molar-refractivity contribution is 6.62. The first-order chi connectivity index (χ1) is 15.5. The first-order valence-electron chi connectivity index (χ1n) is 11.8. The maximum absolute atomic E-state index is 12.1. The van der Waals surface area contributed by atoms with Crippen molar-refractivity contribution in [2.75, 3.05) is 6.61 Å². The summed E-state index contributed by atoms with van der Waals surface area (Å²) in [7, 11) is -0.557. The molecule has 1 aliphatic rings. The second-order valence-electron chi connectivity index (χ2n) is 11.7. The number of hydrogen-bond donors (Lipinski definition) is 0. The summed E-state index contributed by atoms with van der Waals surface area (Å²) in [6.45, 7) is 19.8. The number of rotatable bonds is 7. The SMILES string of the molecule is CC(C)C[C@](C)(C=NC(=O)OC(C)(C)C)COc1ccc(B2OC(C)(C)C(C)(C)O2)cc1C#N. The number of carbonyl (C=O) groups is 1. The van der Waals surface area contributed by atoms with E-state index in [1.54, 1.807) is 39.1 Å². The van der Waals surface area contributed by atoms with Gasteiger partial charge in [0.05, 0.1) is 23.4 Å². The van der Waals surface area contributed by atoms with E-state index >= 15 is 0 Å². The highest BCUT2D eigenvalue weighted by Crippen LogP contribution is 2.37. The Morgan fingerprint density at radius 2 is 1.76 bits per heavy atom. The maximum atomic E-state index is 12.1. The zero-order chi connectivity index (χ0) is 25.9. The van der Waals surface area contributed by atoms with Crippen LogP contribution in [0, 0.1) is 22.7 Å². The molecule has 34 heavy (non-hydrogen) atoms. The Bertz CT molecular complexity index is 943. The highest BCUT2D eigenvalue weighted by Gasteiger charge is 2.51. The molecule has 1 heterocycles. The predicted octanol–water partition coefficient (Wildman–Crippen LogP) is 5.29. The van der Waals surface area contributed by atoms with Crippen molar-refractivity contribution in [1.29, 1.82) is 5.26 Å². The van der Waals surface area contributed by atoms with Gasteiger partial charge in [0, 0.05) is 11.6 Å². The number of nitriles is 1. The summed E-state index contributed by atoms with van der Waals surface area (Å²) in [6, 6.07) is 7.57. The minimum Gasteiger partial charge on any atom is -0.491 e. The third-order valence-electron chi connectivity index (χ3n) is 5.96. The van der Waals surface area contributed by atoms with Crippen molar-refractivity contribution in [3.63, 3.8) is 0 Å². The first kappa shape index (κ1) is 27.9. The van der Waals surface area contributed by atoms with Gasteiger partial charge in [-0.05, 0) is 78.4 Å². The Labute approximate surface area is 205 Å². The van der Waals surface area contributed by atoms with Crippen LogP contribution in [0.3, 0.4) is 0 Å². The van der Waals surface area contributed by atoms with Gasteiger partial charge in [-0.25, -0.2) is 4.79 Å². The van der Waals surface area contributed by atoms with Gasteiger partial charge in [0.1, 0.15) is 17.4 Å². The molecule has 1 aromatic rings.